The third-order valence-corrected chi connectivity index (χ3v) is 8.51. The quantitative estimate of drug-likeness (QED) is 0.200. The van der Waals surface area contributed by atoms with Crippen LogP contribution in [0.2, 0.25) is 10.0 Å². The summed E-state index contributed by atoms with van der Waals surface area (Å²) in [5, 5.41) is 15.5. The molecule has 5 nitrogen and oxygen atoms in total. The van der Waals surface area contributed by atoms with Crippen LogP contribution >= 0.6 is 46.3 Å². The zero-order valence-corrected chi connectivity index (χ0v) is 23.0. The van der Waals surface area contributed by atoms with E-state index in [9.17, 15) is 9.90 Å². The van der Waals surface area contributed by atoms with Crippen molar-refractivity contribution in [2.75, 3.05) is 0 Å². The molecule has 0 aliphatic heterocycles. The molecule has 9 heteroatoms. The van der Waals surface area contributed by atoms with Crippen LogP contribution in [0.4, 0.5) is 0 Å². The number of rotatable bonds is 8. The minimum atomic E-state index is -0.910. The van der Waals surface area contributed by atoms with Crippen LogP contribution in [0.15, 0.2) is 81.0 Å². The molecule has 2 aromatic heterocycles. The maximum atomic E-state index is 11.4. The number of aromatic nitrogens is 1. The highest BCUT2D eigenvalue weighted by atomic mass is 35.5. The molecule has 5 aromatic rings. The summed E-state index contributed by atoms with van der Waals surface area (Å²) >= 11 is 15.7. The van der Waals surface area contributed by atoms with E-state index in [0.29, 0.717) is 31.9 Å². The Labute approximate surface area is 232 Å². The van der Waals surface area contributed by atoms with Crippen molar-refractivity contribution in [2.24, 2.45) is 0 Å². The average Bonchev–Trinajstić information content (AvgIpc) is 3.49. The van der Waals surface area contributed by atoms with Crippen molar-refractivity contribution < 1.29 is 19.2 Å². The molecule has 0 radical (unpaired) electrons. The van der Waals surface area contributed by atoms with Crippen LogP contribution in [0.1, 0.15) is 40.8 Å². The summed E-state index contributed by atoms with van der Waals surface area (Å²) in [6.45, 7) is 4.30. The molecule has 0 fully saturated rings. The van der Waals surface area contributed by atoms with E-state index < -0.39 is 5.97 Å². The molecule has 0 atom stereocenters. The third kappa shape index (κ3) is 5.36. The SMILES string of the molecule is CC(C)c1onc(-c2c(Cl)cccc2Cl)c1COc1ccc(Sc2cccc3sc(C(=O)O)cc23)cc1. The maximum absolute atomic E-state index is 11.4. The van der Waals surface area contributed by atoms with E-state index in [4.69, 9.17) is 32.5 Å². The van der Waals surface area contributed by atoms with Crippen molar-refractivity contribution in [3.8, 4) is 17.0 Å². The van der Waals surface area contributed by atoms with Gasteiger partial charge in [-0.3, -0.25) is 0 Å². The van der Waals surface area contributed by atoms with Gasteiger partial charge in [-0.25, -0.2) is 4.79 Å². The number of fused-ring (bicyclic) bond motifs is 1. The van der Waals surface area contributed by atoms with Crippen molar-refractivity contribution in [3.63, 3.8) is 0 Å². The fraction of sp³-hybridized carbons (Fsp3) is 0.143. The van der Waals surface area contributed by atoms with Gasteiger partial charge in [0.25, 0.3) is 0 Å². The molecule has 0 aliphatic carbocycles. The zero-order chi connectivity index (χ0) is 26.1. The monoisotopic (exact) mass is 569 g/mol. The minimum Gasteiger partial charge on any atom is -0.489 e. The van der Waals surface area contributed by atoms with Crippen LogP contribution in [-0.2, 0) is 6.61 Å². The predicted octanol–water partition coefficient (Wildman–Crippen LogP) is 9.41. The summed E-state index contributed by atoms with van der Waals surface area (Å²) in [6, 6.07) is 20.7. The van der Waals surface area contributed by atoms with Crippen molar-refractivity contribution in [3.05, 3.63) is 93.0 Å². The van der Waals surface area contributed by atoms with Gasteiger partial charge in [-0.05, 0) is 54.6 Å². The third-order valence-electron chi connectivity index (χ3n) is 5.71. The highest BCUT2D eigenvalue weighted by Gasteiger charge is 2.24. The first kappa shape index (κ1) is 25.7. The molecule has 0 aliphatic rings. The molecule has 2 heterocycles. The van der Waals surface area contributed by atoms with E-state index in [0.717, 1.165) is 31.2 Å². The van der Waals surface area contributed by atoms with E-state index in [2.05, 4.69) is 5.16 Å². The number of carboxylic acids is 1. The molecular formula is C28H21Cl2NO4S2. The Hall–Kier alpha value is -2.97. The summed E-state index contributed by atoms with van der Waals surface area (Å²) in [5.74, 6) is 0.606. The first-order valence-electron chi connectivity index (χ1n) is 11.4. The molecule has 0 bridgehead atoms. The molecule has 5 rings (SSSR count). The van der Waals surface area contributed by atoms with Crippen molar-refractivity contribution >= 4 is 62.4 Å². The van der Waals surface area contributed by atoms with E-state index >= 15 is 0 Å². The van der Waals surface area contributed by atoms with E-state index in [1.807, 2.05) is 56.3 Å². The molecule has 0 saturated heterocycles. The number of nitrogens with zero attached hydrogens (tertiary/aromatic N) is 1. The van der Waals surface area contributed by atoms with Gasteiger partial charge in [0.1, 0.15) is 28.7 Å². The van der Waals surface area contributed by atoms with Gasteiger partial charge in [0.2, 0.25) is 0 Å². The second-order valence-electron chi connectivity index (χ2n) is 8.57. The number of benzene rings is 3. The Morgan fingerprint density at radius 3 is 2.46 bits per heavy atom. The fourth-order valence-corrected chi connectivity index (χ4v) is 6.47. The van der Waals surface area contributed by atoms with E-state index in [1.165, 1.54) is 11.3 Å². The maximum Gasteiger partial charge on any atom is 0.345 e. The number of ether oxygens (including phenoxy) is 1. The van der Waals surface area contributed by atoms with Gasteiger partial charge in [-0.1, -0.05) is 66.1 Å². The van der Waals surface area contributed by atoms with Crippen LogP contribution < -0.4 is 4.74 Å². The zero-order valence-electron chi connectivity index (χ0n) is 19.8. The molecule has 1 N–H and O–H groups in total. The second kappa shape index (κ2) is 10.8. The molecule has 0 saturated carbocycles. The van der Waals surface area contributed by atoms with Crippen LogP contribution in [0, 0.1) is 0 Å². The molecule has 0 spiro atoms. The number of carbonyl (C=O) groups is 1. The van der Waals surface area contributed by atoms with Crippen LogP contribution in [0.3, 0.4) is 0 Å². The van der Waals surface area contributed by atoms with Gasteiger partial charge in [0, 0.05) is 31.4 Å². The Morgan fingerprint density at radius 1 is 1.08 bits per heavy atom. The summed E-state index contributed by atoms with van der Waals surface area (Å²) in [6.07, 6.45) is 0. The topological polar surface area (TPSA) is 72.6 Å². The fourth-order valence-electron chi connectivity index (χ4n) is 3.95. The lowest BCUT2D eigenvalue weighted by molar-refractivity contribution is 0.0702. The summed E-state index contributed by atoms with van der Waals surface area (Å²) in [7, 11) is 0. The van der Waals surface area contributed by atoms with Gasteiger partial charge in [0.15, 0.2) is 0 Å². The van der Waals surface area contributed by atoms with Gasteiger partial charge in [0.05, 0.1) is 15.6 Å². The first-order valence-corrected chi connectivity index (χ1v) is 13.8. The number of hydrogen-bond donors (Lipinski definition) is 1. The van der Waals surface area contributed by atoms with Gasteiger partial charge in [-0.15, -0.1) is 11.3 Å². The molecule has 37 heavy (non-hydrogen) atoms. The normalized spacial score (nSPS) is 11.4. The highest BCUT2D eigenvalue weighted by Crippen LogP contribution is 2.40. The smallest absolute Gasteiger partial charge is 0.345 e. The van der Waals surface area contributed by atoms with Crippen molar-refractivity contribution in [1.82, 2.24) is 5.16 Å². The number of carboxylic acid groups (broad SMARTS) is 1. The molecular weight excluding hydrogens is 549 g/mol. The summed E-state index contributed by atoms with van der Waals surface area (Å²) < 4.78 is 12.7. The standard InChI is InChI=1S/C28H21Cl2NO4S2/c1-15(2)27-19(26(31-35-27)25-20(29)5-3-6-21(25)30)14-34-16-9-11-17(12-10-16)36-22-7-4-8-23-18(22)13-24(37-23)28(32)33/h3-13,15H,14H2,1-2H3,(H,32,33). The molecule has 188 valence electrons. The summed E-state index contributed by atoms with van der Waals surface area (Å²) in [5.41, 5.74) is 2.01. The van der Waals surface area contributed by atoms with Gasteiger partial charge < -0.3 is 14.4 Å². The Bertz CT molecular complexity index is 1570. The van der Waals surface area contributed by atoms with Gasteiger partial charge in [-0.2, -0.15) is 0 Å². The number of halogens is 2. The van der Waals surface area contributed by atoms with E-state index in [-0.39, 0.29) is 12.5 Å². The lowest BCUT2D eigenvalue weighted by atomic mass is 10.0. The Balaban J connectivity index is 1.36. The highest BCUT2D eigenvalue weighted by molar-refractivity contribution is 7.99. The second-order valence-corrected chi connectivity index (χ2v) is 11.6. The molecule has 3 aromatic carbocycles. The predicted molar refractivity (Wildman–Crippen MR) is 150 cm³/mol. The largest absolute Gasteiger partial charge is 0.489 e. The van der Waals surface area contributed by atoms with Crippen LogP contribution in [0.5, 0.6) is 5.75 Å². The molecule has 0 unspecified atom stereocenters. The van der Waals surface area contributed by atoms with Crippen LogP contribution in [0.25, 0.3) is 21.3 Å². The Morgan fingerprint density at radius 2 is 1.78 bits per heavy atom. The summed E-state index contributed by atoms with van der Waals surface area (Å²) in [4.78, 5) is 13.7. The van der Waals surface area contributed by atoms with Gasteiger partial charge >= 0.3 is 5.97 Å². The lowest BCUT2D eigenvalue weighted by Crippen LogP contribution is -2.01. The first-order chi connectivity index (χ1) is 17.8. The number of thiophene rings is 1. The average molecular weight is 571 g/mol. The van der Waals surface area contributed by atoms with Crippen LogP contribution in [-0.4, -0.2) is 16.2 Å². The lowest BCUT2D eigenvalue weighted by Gasteiger charge is -2.11. The molecule has 0 amide bonds. The Kier molecular flexibility index (Phi) is 7.49. The number of aromatic carboxylic acids is 1. The minimum absolute atomic E-state index is 0.0985. The van der Waals surface area contributed by atoms with E-state index in [1.54, 1.807) is 36.0 Å². The number of hydrogen-bond acceptors (Lipinski definition) is 6. The van der Waals surface area contributed by atoms with Crippen molar-refractivity contribution in [1.29, 1.82) is 0 Å². The van der Waals surface area contributed by atoms with Crippen molar-refractivity contribution in [2.45, 2.75) is 36.2 Å².